The molecule has 0 fully saturated rings. The molecule has 0 aliphatic carbocycles. The highest BCUT2D eigenvalue weighted by Crippen LogP contribution is 2.51. The van der Waals surface area contributed by atoms with E-state index in [0.29, 0.717) is 5.69 Å². The number of pyridine rings is 1. The molecule has 2 aromatic rings. The van der Waals surface area contributed by atoms with Crippen molar-refractivity contribution in [2.24, 2.45) is 0 Å². The summed E-state index contributed by atoms with van der Waals surface area (Å²) in [5.41, 5.74) is 2.30. The van der Waals surface area contributed by atoms with E-state index in [2.05, 4.69) is 36.8 Å². The summed E-state index contributed by atoms with van der Waals surface area (Å²) >= 11 is 6.81. The molecule has 0 saturated heterocycles. The van der Waals surface area contributed by atoms with Crippen LogP contribution >= 0.6 is 31.9 Å². The minimum atomic E-state index is -0.938. The number of nitrogens with zero attached hydrogens (tertiary/aromatic N) is 2. The number of halogens is 2. The van der Waals surface area contributed by atoms with Gasteiger partial charge in [-0.1, -0.05) is 50.1 Å². The van der Waals surface area contributed by atoms with Gasteiger partial charge in [-0.2, -0.15) is 0 Å². The molecular formula is C13H8Br2N2O. The van der Waals surface area contributed by atoms with Crippen LogP contribution in [0.3, 0.4) is 0 Å². The molecule has 3 nitrogen and oxygen atoms in total. The van der Waals surface area contributed by atoms with Crippen molar-refractivity contribution in [1.82, 2.24) is 4.98 Å². The fourth-order valence-electron chi connectivity index (χ4n) is 2.00. The summed E-state index contributed by atoms with van der Waals surface area (Å²) in [5, 5.41) is 0. The molecule has 0 unspecified atom stereocenters. The Morgan fingerprint density at radius 1 is 1.06 bits per heavy atom. The molecule has 90 valence electrons. The standard InChI is InChI=1S/C13H8Br2N2O/c14-13(15)11-10(7-4-8-16-11)17(12(13)18)9-5-2-1-3-6-9/h1-8H. The van der Waals surface area contributed by atoms with Crippen LogP contribution in [0.5, 0.6) is 0 Å². The first-order valence-corrected chi connectivity index (χ1v) is 6.94. The summed E-state index contributed by atoms with van der Waals surface area (Å²) in [6.07, 6.45) is 1.68. The van der Waals surface area contributed by atoms with Gasteiger partial charge in [0.2, 0.25) is 3.23 Å². The number of rotatable bonds is 1. The largest absolute Gasteiger partial charge is 0.277 e. The van der Waals surface area contributed by atoms with Crippen LogP contribution in [-0.2, 0) is 8.03 Å². The van der Waals surface area contributed by atoms with E-state index in [1.807, 2.05) is 42.5 Å². The van der Waals surface area contributed by atoms with Crippen molar-refractivity contribution in [2.75, 3.05) is 4.90 Å². The summed E-state index contributed by atoms with van der Waals surface area (Å²) in [7, 11) is 0. The van der Waals surface area contributed by atoms with Crippen LogP contribution in [0, 0.1) is 0 Å². The summed E-state index contributed by atoms with van der Waals surface area (Å²) in [5.74, 6) is -0.0950. The third-order valence-electron chi connectivity index (χ3n) is 2.81. The van der Waals surface area contributed by atoms with Crippen LogP contribution in [0.4, 0.5) is 11.4 Å². The van der Waals surface area contributed by atoms with Gasteiger partial charge in [-0.3, -0.25) is 14.7 Å². The van der Waals surface area contributed by atoms with Crippen molar-refractivity contribution in [2.45, 2.75) is 3.23 Å². The second-order valence-corrected chi connectivity index (χ2v) is 7.36. The van der Waals surface area contributed by atoms with Gasteiger partial charge in [0.25, 0.3) is 5.91 Å². The highest BCUT2D eigenvalue weighted by Gasteiger charge is 2.49. The van der Waals surface area contributed by atoms with Crippen molar-refractivity contribution >= 4 is 49.1 Å². The van der Waals surface area contributed by atoms with Gasteiger partial charge >= 0.3 is 0 Å². The molecule has 3 rings (SSSR count). The molecule has 1 amide bonds. The topological polar surface area (TPSA) is 33.2 Å². The highest BCUT2D eigenvalue weighted by molar-refractivity contribution is 9.25. The van der Waals surface area contributed by atoms with E-state index in [9.17, 15) is 4.79 Å². The fourth-order valence-corrected chi connectivity index (χ4v) is 2.97. The van der Waals surface area contributed by atoms with Crippen LogP contribution in [0.1, 0.15) is 5.69 Å². The quantitative estimate of drug-likeness (QED) is 0.720. The number of hydrogen-bond acceptors (Lipinski definition) is 2. The number of alkyl halides is 2. The van der Waals surface area contributed by atoms with Crippen molar-refractivity contribution < 1.29 is 4.79 Å². The number of fused-ring (bicyclic) bond motifs is 1. The van der Waals surface area contributed by atoms with E-state index in [-0.39, 0.29) is 5.91 Å². The average Bonchev–Trinajstić information content (AvgIpc) is 2.60. The third kappa shape index (κ3) is 1.61. The molecule has 0 radical (unpaired) electrons. The molecular weight excluding hydrogens is 360 g/mol. The number of carbonyl (C=O) groups is 1. The molecule has 0 saturated carbocycles. The van der Waals surface area contributed by atoms with Crippen LogP contribution < -0.4 is 4.90 Å². The van der Waals surface area contributed by atoms with Gasteiger partial charge in [0, 0.05) is 11.9 Å². The Kier molecular flexibility index (Phi) is 2.75. The van der Waals surface area contributed by atoms with Crippen molar-refractivity contribution in [3.63, 3.8) is 0 Å². The Morgan fingerprint density at radius 2 is 1.78 bits per heavy atom. The maximum Gasteiger partial charge on any atom is 0.265 e. The Morgan fingerprint density at radius 3 is 2.50 bits per heavy atom. The summed E-state index contributed by atoms with van der Waals surface area (Å²) < 4.78 is -0.938. The SMILES string of the molecule is O=C1N(c2ccccc2)c2cccnc2C1(Br)Br. The molecule has 1 aliphatic rings. The van der Waals surface area contributed by atoms with Crippen LogP contribution in [-0.4, -0.2) is 10.9 Å². The summed E-state index contributed by atoms with van der Waals surface area (Å²) in [6.45, 7) is 0. The number of para-hydroxylation sites is 1. The van der Waals surface area contributed by atoms with Crippen molar-refractivity contribution in [3.05, 3.63) is 54.4 Å². The lowest BCUT2D eigenvalue weighted by Crippen LogP contribution is -2.29. The summed E-state index contributed by atoms with van der Waals surface area (Å²) in [6, 6.07) is 13.2. The van der Waals surface area contributed by atoms with E-state index in [1.54, 1.807) is 11.1 Å². The Labute approximate surface area is 121 Å². The van der Waals surface area contributed by atoms with E-state index >= 15 is 0 Å². The highest BCUT2D eigenvalue weighted by atomic mass is 79.9. The van der Waals surface area contributed by atoms with E-state index < -0.39 is 3.23 Å². The van der Waals surface area contributed by atoms with Crippen molar-refractivity contribution in [3.8, 4) is 0 Å². The molecule has 5 heteroatoms. The minimum absolute atomic E-state index is 0.0950. The first-order valence-electron chi connectivity index (χ1n) is 5.35. The zero-order chi connectivity index (χ0) is 12.8. The van der Waals surface area contributed by atoms with Gasteiger partial charge in [-0.25, -0.2) is 0 Å². The fraction of sp³-hybridized carbons (Fsp3) is 0.0769. The molecule has 0 atom stereocenters. The zero-order valence-electron chi connectivity index (χ0n) is 9.18. The van der Waals surface area contributed by atoms with Gasteiger partial charge in [0.05, 0.1) is 5.69 Å². The minimum Gasteiger partial charge on any atom is -0.277 e. The van der Waals surface area contributed by atoms with E-state index in [1.165, 1.54) is 0 Å². The lowest BCUT2D eigenvalue weighted by Gasteiger charge is -2.18. The number of aromatic nitrogens is 1. The summed E-state index contributed by atoms with van der Waals surface area (Å²) in [4.78, 5) is 18.4. The maximum atomic E-state index is 12.5. The zero-order valence-corrected chi connectivity index (χ0v) is 12.3. The van der Waals surface area contributed by atoms with Gasteiger partial charge in [0.15, 0.2) is 0 Å². The van der Waals surface area contributed by atoms with Crippen LogP contribution in [0.25, 0.3) is 0 Å². The Bertz CT molecular complexity index is 613. The first-order chi connectivity index (χ1) is 8.62. The molecule has 2 heterocycles. The number of benzene rings is 1. The van der Waals surface area contributed by atoms with Crippen LogP contribution in [0.15, 0.2) is 48.7 Å². The second-order valence-electron chi connectivity index (χ2n) is 3.92. The number of hydrogen-bond donors (Lipinski definition) is 0. The predicted molar refractivity (Wildman–Crippen MR) is 77.4 cm³/mol. The number of amides is 1. The van der Waals surface area contributed by atoms with E-state index in [4.69, 9.17) is 0 Å². The molecule has 1 aromatic carbocycles. The normalized spacial score (nSPS) is 16.8. The molecule has 1 aromatic heterocycles. The smallest absolute Gasteiger partial charge is 0.265 e. The number of carbonyl (C=O) groups excluding carboxylic acids is 1. The molecule has 0 N–H and O–H groups in total. The first kappa shape index (κ1) is 11.9. The predicted octanol–water partition coefficient (Wildman–Crippen LogP) is 3.70. The monoisotopic (exact) mass is 366 g/mol. The Balaban J connectivity index is 2.21. The molecule has 18 heavy (non-hydrogen) atoms. The van der Waals surface area contributed by atoms with Gasteiger partial charge in [0.1, 0.15) is 5.69 Å². The lowest BCUT2D eigenvalue weighted by atomic mass is 10.2. The number of anilines is 2. The molecule has 0 bridgehead atoms. The lowest BCUT2D eigenvalue weighted by molar-refractivity contribution is -0.117. The van der Waals surface area contributed by atoms with Crippen molar-refractivity contribution in [1.29, 1.82) is 0 Å². The van der Waals surface area contributed by atoms with Gasteiger partial charge in [-0.15, -0.1) is 0 Å². The van der Waals surface area contributed by atoms with Gasteiger partial charge < -0.3 is 0 Å². The third-order valence-corrected chi connectivity index (χ3v) is 4.24. The Hall–Kier alpha value is -1.20. The second kappa shape index (κ2) is 4.17. The van der Waals surface area contributed by atoms with Gasteiger partial charge in [-0.05, 0) is 24.3 Å². The molecule has 1 aliphatic heterocycles. The average molecular weight is 368 g/mol. The van der Waals surface area contributed by atoms with Crippen LogP contribution in [0.2, 0.25) is 0 Å². The van der Waals surface area contributed by atoms with E-state index in [0.717, 1.165) is 11.4 Å². The molecule has 0 spiro atoms. The maximum absolute atomic E-state index is 12.5.